The van der Waals surface area contributed by atoms with Gasteiger partial charge in [0, 0.05) is 24.1 Å². The second-order valence-corrected chi connectivity index (χ2v) is 7.81. The van der Waals surface area contributed by atoms with E-state index < -0.39 is 10.0 Å². The molecule has 9 nitrogen and oxygen atoms in total. The zero-order valence-corrected chi connectivity index (χ0v) is 16.4. The lowest BCUT2D eigenvalue weighted by Crippen LogP contribution is -2.14. The van der Waals surface area contributed by atoms with Crippen molar-refractivity contribution in [2.75, 3.05) is 4.72 Å². The molecule has 0 aliphatic carbocycles. The van der Waals surface area contributed by atoms with E-state index in [1.807, 2.05) is 29.1 Å². The molecule has 0 bridgehead atoms. The van der Waals surface area contributed by atoms with Crippen molar-refractivity contribution in [3.63, 3.8) is 0 Å². The largest absolute Gasteiger partial charge is 0.439 e. The van der Waals surface area contributed by atoms with Crippen molar-refractivity contribution in [1.82, 2.24) is 19.7 Å². The molecule has 3 heterocycles. The van der Waals surface area contributed by atoms with Crippen molar-refractivity contribution < 1.29 is 17.7 Å². The molecule has 29 heavy (non-hydrogen) atoms. The fraction of sp³-hybridized carbons (Fsp3) is 0.105. The first-order valence-corrected chi connectivity index (χ1v) is 10.1. The fourth-order valence-corrected chi connectivity index (χ4v) is 4.18. The average molecular weight is 411 g/mol. The summed E-state index contributed by atoms with van der Waals surface area (Å²) in [6.07, 6.45) is 5.15. The Labute approximate surface area is 167 Å². The van der Waals surface area contributed by atoms with Crippen molar-refractivity contribution >= 4 is 15.7 Å². The second kappa shape index (κ2) is 7.40. The zero-order chi connectivity index (χ0) is 20.4. The molecule has 4 rings (SSSR count). The van der Waals surface area contributed by atoms with Crippen LogP contribution in [0.25, 0.3) is 5.82 Å². The Kier molecular flexibility index (Phi) is 4.77. The van der Waals surface area contributed by atoms with Gasteiger partial charge in [-0.2, -0.15) is 0 Å². The Hall–Kier alpha value is -3.66. The van der Waals surface area contributed by atoms with Crippen molar-refractivity contribution in [2.45, 2.75) is 18.7 Å². The molecule has 1 aromatic carbocycles. The normalized spacial score (nSPS) is 11.4. The van der Waals surface area contributed by atoms with Crippen LogP contribution in [0.3, 0.4) is 0 Å². The molecule has 1 N–H and O–H groups in total. The Morgan fingerprint density at radius 3 is 2.45 bits per heavy atom. The number of rotatable bonds is 6. The number of anilines is 1. The Balaban J connectivity index is 1.50. The van der Waals surface area contributed by atoms with Crippen molar-refractivity contribution in [3.05, 3.63) is 72.6 Å². The summed E-state index contributed by atoms with van der Waals surface area (Å²) in [6.45, 7) is 3.13. The van der Waals surface area contributed by atoms with Gasteiger partial charge in [-0.1, -0.05) is 5.16 Å². The van der Waals surface area contributed by atoms with Gasteiger partial charge in [-0.3, -0.25) is 4.72 Å². The zero-order valence-electron chi connectivity index (χ0n) is 15.6. The number of hydrogen-bond acceptors (Lipinski definition) is 7. The van der Waals surface area contributed by atoms with E-state index in [0.717, 1.165) is 0 Å². The van der Waals surface area contributed by atoms with E-state index in [2.05, 4.69) is 19.8 Å². The van der Waals surface area contributed by atoms with E-state index in [-0.39, 0.29) is 10.7 Å². The van der Waals surface area contributed by atoms with E-state index in [9.17, 15) is 8.42 Å². The van der Waals surface area contributed by atoms with Gasteiger partial charge in [-0.25, -0.2) is 18.4 Å². The van der Waals surface area contributed by atoms with Crippen LogP contribution < -0.4 is 9.46 Å². The number of aryl methyl sites for hydroxylation is 2. The van der Waals surface area contributed by atoms with Gasteiger partial charge < -0.3 is 13.8 Å². The summed E-state index contributed by atoms with van der Waals surface area (Å²) in [5.41, 5.74) is 0.685. The molecule has 4 aromatic rings. The first kappa shape index (κ1) is 18.7. The Bertz CT molecular complexity index is 1210. The maximum absolute atomic E-state index is 12.6. The number of benzene rings is 1. The lowest BCUT2D eigenvalue weighted by atomic mass is 10.3. The molecule has 10 heteroatoms. The monoisotopic (exact) mass is 411 g/mol. The predicted octanol–water partition coefficient (Wildman–Crippen LogP) is 3.47. The predicted molar refractivity (Wildman–Crippen MR) is 105 cm³/mol. The third-order valence-corrected chi connectivity index (χ3v) is 5.69. The van der Waals surface area contributed by atoms with Crippen molar-refractivity contribution in [3.8, 4) is 17.4 Å². The maximum atomic E-state index is 12.6. The van der Waals surface area contributed by atoms with Crippen LogP contribution in [0.2, 0.25) is 0 Å². The van der Waals surface area contributed by atoms with Crippen LogP contribution in [0, 0.1) is 13.8 Å². The summed E-state index contributed by atoms with van der Waals surface area (Å²) < 4.78 is 40.2. The minimum Gasteiger partial charge on any atom is -0.439 e. The molecule has 0 saturated heterocycles. The molecule has 0 atom stereocenters. The maximum Gasteiger partial charge on any atom is 0.267 e. The summed E-state index contributed by atoms with van der Waals surface area (Å²) in [5.74, 6) is 1.77. The molecule has 0 fully saturated rings. The molecule has 0 aliphatic heterocycles. The third kappa shape index (κ3) is 3.97. The van der Waals surface area contributed by atoms with E-state index in [1.165, 1.54) is 6.33 Å². The fourth-order valence-electron chi connectivity index (χ4n) is 2.79. The van der Waals surface area contributed by atoms with Gasteiger partial charge in [0.05, 0.1) is 0 Å². The molecular formula is C19H17N5O4S. The van der Waals surface area contributed by atoms with Crippen LogP contribution in [0.5, 0.6) is 11.6 Å². The average Bonchev–Trinajstić information content (AvgIpc) is 3.34. The highest BCUT2D eigenvalue weighted by Crippen LogP contribution is 2.25. The number of nitrogens with one attached hydrogen (secondary N) is 1. The Morgan fingerprint density at radius 1 is 1.07 bits per heavy atom. The topological polar surface area (TPSA) is 112 Å². The van der Waals surface area contributed by atoms with Gasteiger partial charge in [0.1, 0.15) is 23.6 Å². The van der Waals surface area contributed by atoms with Gasteiger partial charge >= 0.3 is 0 Å². The first-order chi connectivity index (χ1) is 13.9. The Morgan fingerprint density at radius 2 is 1.79 bits per heavy atom. The highest BCUT2D eigenvalue weighted by molar-refractivity contribution is 7.92. The minimum atomic E-state index is -3.80. The molecule has 3 aromatic heterocycles. The number of sulfonamides is 1. The molecule has 0 saturated carbocycles. The molecule has 0 amide bonds. The lowest BCUT2D eigenvalue weighted by Gasteiger charge is -2.09. The molecule has 0 aliphatic rings. The van der Waals surface area contributed by atoms with Crippen LogP contribution in [-0.4, -0.2) is 28.1 Å². The van der Waals surface area contributed by atoms with E-state index in [1.54, 1.807) is 44.2 Å². The number of nitrogens with zero attached hydrogens (tertiary/aromatic N) is 4. The molecular weight excluding hydrogens is 394 g/mol. The van der Waals surface area contributed by atoms with Gasteiger partial charge in [0.2, 0.25) is 5.88 Å². The van der Waals surface area contributed by atoms with Crippen LogP contribution in [0.1, 0.15) is 11.5 Å². The number of ether oxygens (including phenoxy) is 1. The smallest absolute Gasteiger partial charge is 0.267 e. The van der Waals surface area contributed by atoms with Crippen molar-refractivity contribution in [2.24, 2.45) is 0 Å². The van der Waals surface area contributed by atoms with E-state index >= 15 is 0 Å². The van der Waals surface area contributed by atoms with Gasteiger partial charge in [0.25, 0.3) is 10.0 Å². The van der Waals surface area contributed by atoms with E-state index in [0.29, 0.717) is 28.8 Å². The summed E-state index contributed by atoms with van der Waals surface area (Å²) in [6, 6.07) is 12.0. The van der Waals surface area contributed by atoms with Gasteiger partial charge in [0.15, 0.2) is 10.7 Å². The second-order valence-electron chi connectivity index (χ2n) is 6.19. The van der Waals surface area contributed by atoms with Crippen LogP contribution >= 0.6 is 0 Å². The molecule has 0 unspecified atom stereocenters. The van der Waals surface area contributed by atoms with Gasteiger partial charge in [-0.05, 0) is 50.2 Å². The summed E-state index contributed by atoms with van der Waals surface area (Å²) >= 11 is 0. The highest BCUT2D eigenvalue weighted by atomic mass is 32.2. The standard InChI is InChI=1S/C19H17N5O4S/c1-13-19(14(2)28-22-13)29(25,26)23-15-5-7-16(8-6-15)27-18-11-17(20-12-21-18)24-9-3-4-10-24/h3-12,23H,1-2H3. The number of aromatic nitrogens is 4. The van der Waals surface area contributed by atoms with Crippen LogP contribution in [-0.2, 0) is 10.0 Å². The minimum absolute atomic E-state index is 0.0383. The highest BCUT2D eigenvalue weighted by Gasteiger charge is 2.24. The third-order valence-electron chi connectivity index (χ3n) is 4.06. The SMILES string of the molecule is Cc1noc(C)c1S(=O)(=O)Nc1ccc(Oc2cc(-n3cccc3)ncn2)cc1. The first-order valence-electron chi connectivity index (χ1n) is 8.61. The van der Waals surface area contributed by atoms with Crippen LogP contribution in [0.4, 0.5) is 5.69 Å². The summed E-state index contributed by atoms with van der Waals surface area (Å²) in [7, 11) is -3.80. The number of hydrogen-bond donors (Lipinski definition) is 1. The quantitative estimate of drug-likeness (QED) is 0.517. The lowest BCUT2D eigenvalue weighted by molar-refractivity contribution is 0.390. The summed E-state index contributed by atoms with van der Waals surface area (Å²) in [4.78, 5) is 8.34. The summed E-state index contributed by atoms with van der Waals surface area (Å²) in [5, 5.41) is 3.68. The van der Waals surface area contributed by atoms with Gasteiger partial charge in [-0.15, -0.1) is 0 Å². The van der Waals surface area contributed by atoms with Crippen LogP contribution in [0.15, 0.2) is 70.6 Å². The molecule has 0 radical (unpaired) electrons. The van der Waals surface area contributed by atoms with E-state index in [4.69, 9.17) is 9.26 Å². The molecule has 0 spiro atoms. The molecule has 148 valence electrons. The van der Waals surface area contributed by atoms with Crippen molar-refractivity contribution in [1.29, 1.82) is 0 Å².